The van der Waals surface area contributed by atoms with Crippen molar-refractivity contribution in [2.24, 2.45) is 0 Å². The summed E-state index contributed by atoms with van der Waals surface area (Å²) in [7, 11) is 0. The first-order chi connectivity index (χ1) is 9.60. The molecule has 0 bridgehead atoms. The van der Waals surface area contributed by atoms with Gasteiger partial charge in [0.15, 0.2) is 5.78 Å². The van der Waals surface area contributed by atoms with Crippen LogP contribution in [0.3, 0.4) is 0 Å². The molecule has 0 aromatic heterocycles. The van der Waals surface area contributed by atoms with Crippen molar-refractivity contribution >= 4 is 5.78 Å². The number of benzene rings is 1. The van der Waals surface area contributed by atoms with E-state index in [-0.39, 0.29) is 24.3 Å². The lowest BCUT2D eigenvalue weighted by Gasteiger charge is -2.31. The highest BCUT2D eigenvalue weighted by Gasteiger charge is 2.20. The van der Waals surface area contributed by atoms with Crippen LogP contribution in [0.2, 0.25) is 0 Å². The van der Waals surface area contributed by atoms with Gasteiger partial charge in [-0.2, -0.15) is 0 Å². The summed E-state index contributed by atoms with van der Waals surface area (Å²) in [6, 6.07) is 4.59. The number of carbonyl (C=O) groups is 1. The van der Waals surface area contributed by atoms with Crippen molar-refractivity contribution in [1.29, 1.82) is 0 Å². The van der Waals surface area contributed by atoms with E-state index in [1.165, 1.54) is 6.07 Å². The number of rotatable bonds is 5. The molecular weight excluding hydrogens is 261 g/mol. The van der Waals surface area contributed by atoms with Crippen molar-refractivity contribution < 1.29 is 19.0 Å². The van der Waals surface area contributed by atoms with E-state index in [4.69, 9.17) is 9.84 Å². The SMILES string of the molecule is Cc1ccc(C(=O)CCN2CCOC(CO)C2)cc1F. The molecule has 1 unspecified atom stereocenters. The predicted molar refractivity (Wildman–Crippen MR) is 73.4 cm³/mol. The van der Waals surface area contributed by atoms with Crippen LogP contribution in [0, 0.1) is 12.7 Å². The van der Waals surface area contributed by atoms with Crippen LogP contribution in [-0.2, 0) is 4.74 Å². The molecule has 1 saturated heterocycles. The van der Waals surface area contributed by atoms with Crippen molar-refractivity contribution in [2.75, 3.05) is 32.8 Å². The number of carbonyl (C=O) groups excluding carboxylic acids is 1. The summed E-state index contributed by atoms with van der Waals surface area (Å²) < 4.78 is 18.8. The molecule has 1 aromatic carbocycles. The topological polar surface area (TPSA) is 49.8 Å². The molecule has 1 aromatic rings. The number of ether oxygens (including phenoxy) is 1. The first kappa shape index (κ1) is 15.1. The Labute approximate surface area is 118 Å². The van der Waals surface area contributed by atoms with Crippen LogP contribution in [0.5, 0.6) is 0 Å². The number of halogens is 1. The van der Waals surface area contributed by atoms with Crippen LogP contribution in [0.25, 0.3) is 0 Å². The van der Waals surface area contributed by atoms with Gasteiger partial charge in [0.2, 0.25) is 0 Å². The first-order valence-electron chi connectivity index (χ1n) is 6.84. The Hall–Kier alpha value is -1.30. The van der Waals surface area contributed by atoms with Gasteiger partial charge in [-0.25, -0.2) is 4.39 Å². The molecule has 0 aliphatic carbocycles. The molecule has 1 fully saturated rings. The maximum Gasteiger partial charge on any atom is 0.164 e. The molecule has 0 amide bonds. The van der Waals surface area contributed by atoms with E-state index in [1.807, 2.05) is 0 Å². The largest absolute Gasteiger partial charge is 0.394 e. The van der Waals surface area contributed by atoms with Gasteiger partial charge < -0.3 is 9.84 Å². The Bertz CT molecular complexity index is 478. The highest BCUT2D eigenvalue weighted by atomic mass is 19.1. The number of aryl methyl sites for hydroxylation is 1. The maximum absolute atomic E-state index is 13.4. The first-order valence-corrected chi connectivity index (χ1v) is 6.84. The summed E-state index contributed by atoms with van der Waals surface area (Å²) in [5.41, 5.74) is 0.959. The number of aliphatic hydroxyl groups excluding tert-OH is 1. The van der Waals surface area contributed by atoms with Gasteiger partial charge >= 0.3 is 0 Å². The summed E-state index contributed by atoms with van der Waals surface area (Å²) in [6.45, 7) is 4.23. The molecule has 1 atom stereocenters. The van der Waals surface area contributed by atoms with Crippen molar-refractivity contribution in [1.82, 2.24) is 4.90 Å². The minimum absolute atomic E-state index is 0.00633. The molecule has 0 saturated carbocycles. The van der Waals surface area contributed by atoms with Crippen molar-refractivity contribution in [3.63, 3.8) is 0 Å². The van der Waals surface area contributed by atoms with Crippen molar-refractivity contribution in [3.8, 4) is 0 Å². The van der Waals surface area contributed by atoms with Crippen molar-refractivity contribution in [2.45, 2.75) is 19.4 Å². The van der Waals surface area contributed by atoms with E-state index in [9.17, 15) is 9.18 Å². The predicted octanol–water partition coefficient (Wildman–Crippen LogP) is 1.40. The fourth-order valence-electron chi connectivity index (χ4n) is 2.26. The maximum atomic E-state index is 13.4. The van der Waals surface area contributed by atoms with Crippen LogP contribution in [0.4, 0.5) is 4.39 Å². The Morgan fingerprint density at radius 2 is 2.35 bits per heavy atom. The van der Waals surface area contributed by atoms with Crippen LogP contribution in [-0.4, -0.2) is 54.7 Å². The lowest BCUT2D eigenvalue weighted by atomic mass is 10.1. The molecule has 5 heteroatoms. The standard InChI is InChI=1S/C15H20FNO3/c1-11-2-3-12(8-14(11)16)15(19)4-5-17-6-7-20-13(9-17)10-18/h2-3,8,13,18H,4-7,9-10H2,1H3. The summed E-state index contributed by atoms with van der Waals surface area (Å²) >= 11 is 0. The molecule has 0 radical (unpaired) electrons. The zero-order valence-corrected chi connectivity index (χ0v) is 11.6. The Morgan fingerprint density at radius 3 is 3.05 bits per heavy atom. The summed E-state index contributed by atoms with van der Waals surface area (Å²) in [5, 5.41) is 9.06. The van der Waals surface area contributed by atoms with Gasteiger partial charge in [-0.05, 0) is 18.6 Å². The summed E-state index contributed by atoms with van der Waals surface area (Å²) in [4.78, 5) is 14.1. The Kier molecular flexibility index (Phi) is 5.23. The van der Waals surface area contributed by atoms with Gasteiger partial charge in [-0.1, -0.05) is 12.1 Å². The zero-order chi connectivity index (χ0) is 14.5. The second kappa shape index (κ2) is 6.92. The highest BCUT2D eigenvalue weighted by molar-refractivity contribution is 5.96. The van der Waals surface area contributed by atoms with E-state index in [0.29, 0.717) is 37.2 Å². The normalized spacial score (nSPS) is 20.1. The quantitative estimate of drug-likeness (QED) is 0.829. The van der Waals surface area contributed by atoms with E-state index in [1.54, 1.807) is 19.1 Å². The van der Waals surface area contributed by atoms with Gasteiger partial charge in [-0.15, -0.1) is 0 Å². The molecule has 2 rings (SSSR count). The zero-order valence-electron chi connectivity index (χ0n) is 11.6. The molecule has 4 nitrogen and oxygen atoms in total. The fourth-order valence-corrected chi connectivity index (χ4v) is 2.26. The average Bonchev–Trinajstić information content (AvgIpc) is 2.47. The summed E-state index contributed by atoms with van der Waals surface area (Å²) in [6.07, 6.45) is 0.177. The minimum Gasteiger partial charge on any atom is -0.394 e. The molecule has 20 heavy (non-hydrogen) atoms. The molecule has 1 heterocycles. The highest BCUT2D eigenvalue weighted by Crippen LogP contribution is 2.12. The van der Waals surface area contributed by atoms with E-state index in [0.717, 1.165) is 6.54 Å². The summed E-state index contributed by atoms with van der Waals surface area (Å²) in [5.74, 6) is -0.404. The van der Waals surface area contributed by atoms with Crippen molar-refractivity contribution in [3.05, 3.63) is 35.1 Å². The van der Waals surface area contributed by atoms with Crippen LogP contribution < -0.4 is 0 Å². The smallest absolute Gasteiger partial charge is 0.164 e. The van der Waals surface area contributed by atoms with Crippen LogP contribution in [0.15, 0.2) is 18.2 Å². The van der Waals surface area contributed by atoms with Crippen LogP contribution in [0.1, 0.15) is 22.3 Å². The van der Waals surface area contributed by atoms with Gasteiger partial charge in [0.05, 0.1) is 19.3 Å². The molecular formula is C15H20FNO3. The van der Waals surface area contributed by atoms with Gasteiger partial charge in [0.1, 0.15) is 5.82 Å². The van der Waals surface area contributed by atoms with E-state index < -0.39 is 0 Å². The second-order valence-electron chi connectivity index (χ2n) is 5.11. The number of aliphatic hydroxyl groups is 1. The third kappa shape index (κ3) is 3.85. The van der Waals surface area contributed by atoms with E-state index in [2.05, 4.69) is 4.90 Å². The molecule has 1 aliphatic heterocycles. The number of ketones is 1. The number of morpholine rings is 1. The fraction of sp³-hybridized carbons (Fsp3) is 0.533. The monoisotopic (exact) mass is 281 g/mol. The minimum atomic E-state index is -0.345. The average molecular weight is 281 g/mol. The van der Waals surface area contributed by atoms with Gasteiger partial charge in [0.25, 0.3) is 0 Å². The Morgan fingerprint density at radius 1 is 1.55 bits per heavy atom. The molecule has 110 valence electrons. The number of Topliss-reactive ketones (excluding diaryl/α,β-unsaturated/α-hetero) is 1. The third-order valence-electron chi connectivity index (χ3n) is 3.58. The molecule has 1 N–H and O–H groups in total. The number of hydrogen-bond donors (Lipinski definition) is 1. The molecule has 0 spiro atoms. The lowest BCUT2D eigenvalue weighted by molar-refractivity contribution is -0.0523. The van der Waals surface area contributed by atoms with E-state index >= 15 is 0 Å². The molecule has 1 aliphatic rings. The van der Waals surface area contributed by atoms with Gasteiger partial charge in [0, 0.05) is 31.6 Å². The number of hydrogen-bond acceptors (Lipinski definition) is 4. The Balaban J connectivity index is 1.87. The third-order valence-corrected chi connectivity index (χ3v) is 3.58. The second-order valence-corrected chi connectivity index (χ2v) is 5.11. The lowest BCUT2D eigenvalue weighted by Crippen LogP contribution is -2.44. The van der Waals surface area contributed by atoms with Crippen LogP contribution >= 0.6 is 0 Å². The van der Waals surface area contributed by atoms with Gasteiger partial charge in [-0.3, -0.25) is 9.69 Å². The number of nitrogens with zero attached hydrogens (tertiary/aromatic N) is 1.